The topological polar surface area (TPSA) is 77.1 Å². The van der Waals surface area contributed by atoms with Gasteiger partial charge in [0.2, 0.25) is 5.91 Å². The first-order valence-electron chi connectivity index (χ1n) is 9.28. The zero-order valence-electron chi connectivity index (χ0n) is 15.6. The van der Waals surface area contributed by atoms with Gasteiger partial charge in [-0.05, 0) is 30.7 Å². The van der Waals surface area contributed by atoms with Crippen molar-refractivity contribution in [2.75, 3.05) is 31.3 Å². The summed E-state index contributed by atoms with van der Waals surface area (Å²) >= 11 is 0. The van der Waals surface area contributed by atoms with E-state index in [0.29, 0.717) is 37.0 Å². The number of nitrogens with one attached hydrogen (secondary N) is 1. The van der Waals surface area contributed by atoms with Crippen LogP contribution in [0.3, 0.4) is 0 Å². The van der Waals surface area contributed by atoms with Crippen LogP contribution < -0.4 is 24.4 Å². The molecule has 1 atom stereocenters. The summed E-state index contributed by atoms with van der Waals surface area (Å²) in [6.45, 7) is 3.26. The molecule has 2 heterocycles. The second-order valence-electron chi connectivity index (χ2n) is 6.86. The molecule has 2 aromatic rings. The number of hydrogen-bond donors (Lipinski definition) is 1. The third-order valence-corrected chi connectivity index (χ3v) is 4.78. The Morgan fingerprint density at radius 3 is 2.79 bits per heavy atom. The van der Waals surface area contributed by atoms with Crippen molar-refractivity contribution in [1.82, 2.24) is 5.32 Å². The molecule has 7 heteroatoms. The Morgan fingerprint density at radius 1 is 1.18 bits per heavy atom. The van der Waals surface area contributed by atoms with E-state index in [4.69, 9.17) is 14.2 Å². The maximum absolute atomic E-state index is 12.4. The van der Waals surface area contributed by atoms with Crippen LogP contribution in [-0.2, 0) is 9.59 Å². The SMILES string of the molecule is Cc1ccccc1OCC(=O)N[C@@H]1CC(=O)N(c2ccc3c(c2)OCCO3)C1. The number of carbonyl (C=O) groups excluding carboxylic acids is 2. The smallest absolute Gasteiger partial charge is 0.258 e. The maximum Gasteiger partial charge on any atom is 0.258 e. The average Bonchev–Trinajstić information content (AvgIpc) is 3.07. The lowest BCUT2D eigenvalue weighted by molar-refractivity contribution is -0.123. The average molecular weight is 382 g/mol. The molecule has 0 spiro atoms. The lowest BCUT2D eigenvalue weighted by atomic mass is 10.2. The first kappa shape index (κ1) is 18.2. The fourth-order valence-corrected chi connectivity index (χ4v) is 3.38. The van der Waals surface area contributed by atoms with Crippen molar-refractivity contribution in [1.29, 1.82) is 0 Å². The fraction of sp³-hybridized carbons (Fsp3) is 0.333. The third kappa shape index (κ3) is 3.88. The predicted octanol–water partition coefficient (Wildman–Crippen LogP) is 2.07. The number of para-hydroxylation sites is 1. The second-order valence-corrected chi connectivity index (χ2v) is 6.86. The van der Waals surface area contributed by atoms with Crippen molar-refractivity contribution in [2.24, 2.45) is 0 Å². The highest BCUT2D eigenvalue weighted by atomic mass is 16.6. The normalized spacial score (nSPS) is 18.1. The Hall–Kier alpha value is -3.22. The molecule has 1 saturated heterocycles. The van der Waals surface area contributed by atoms with Gasteiger partial charge in [-0.1, -0.05) is 18.2 Å². The van der Waals surface area contributed by atoms with Gasteiger partial charge in [-0.3, -0.25) is 9.59 Å². The van der Waals surface area contributed by atoms with Crippen molar-refractivity contribution < 1.29 is 23.8 Å². The zero-order chi connectivity index (χ0) is 19.5. The van der Waals surface area contributed by atoms with Gasteiger partial charge in [-0.15, -0.1) is 0 Å². The summed E-state index contributed by atoms with van der Waals surface area (Å²) in [5.74, 6) is 1.71. The summed E-state index contributed by atoms with van der Waals surface area (Å²) < 4.78 is 16.7. The number of ether oxygens (including phenoxy) is 3. The minimum Gasteiger partial charge on any atom is -0.486 e. The van der Waals surface area contributed by atoms with Crippen LogP contribution in [0.4, 0.5) is 5.69 Å². The minimum atomic E-state index is -0.256. The van der Waals surface area contributed by atoms with Crippen LogP contribution in [0.5, 0.6) is 17.2 Å². The van der Waals surface area contributed by atoms with E-state index < -0.39 is 0 Å². The van der Waals surface area contributed by atoms with Gasteiger partial charge in [0.25, 0.3) is 5.91 Å². The number of amides is 2. The first-order chi connectivity index (χ1) is 13.6. The van der Waals surface area contributed by atoms with Gasteiger partial charge < -0.3 is 24.4 Å². The molecule has 2 amide bonds. The van der Waals surface area contributed by atoms with Crippen molar-refractivity contribution in [3.8, 4) is 17.2 Å². The Bertz CT molecular complexity index is 898. The molecule has 0 radical (unpaired) electrons. The lowest BCUT2D eigenvalue weighted by Gasteiger charge is -2.22. The molecule has 7 nitrogen and oxygen atoms in total. The maximum atomic E-state index is 12.4. The highest BCUT2D eigenvalue weighted by molar-refractivity contribution is 5.97. The number of rotatable bonds is 5. The Kier molecular flexibility index (Phi) is 5.06. The number of anilines is 1. The third-order valence-electron chi connectivity index (χ3n) is 4.78. The van der Waals surface area contributed by atoms with Gasteiger partial charge >= 0.3 is 0 Å². The molecule has 2 aliphatic rings. The van der Waals surface area contributed by atoms with E-state index in [9.17, 15) is 9.59 Å². The molecule has 2 aliphatic heterocycles. The zero-order valence-corrected chi connectivity index (χ0v) is 15.6. The van der Waals surface area contributed by atoms with E-state index in [0.717, 1.165) is 11.3 Å². The molecule has 1 fully saturated rings. The van der Waals surface area contributed by atoms with Crippen LogP contribution in [0, 0.1) is 6.92 Å². The number of hydrogen-bond acceptors (Lipinski definition) is 5. The molecule has 0 saturated carbocycles. The van der Waals surface area contributed by atoms with E-state index >= 15 is 0 Å². The summed E-state index contributed by atoms with van der Waals surface area (Å²) in [6, 6.07) is 12.7. The quantitative estimate of drug-likeness (QED) is 0.857. The monoisotopic (exact) mass is 382 g/mol. The Balaban J connectivity index is 1.34. The van der Waals surface area contributed by atoms with E-state index in [-0.39, 0.29) is 30.9 Å². The molecule has 28 heavy (non-hydrogen) atoms. The highest BCUT2D eigenvalue weighted by Gasteiger charge is 2.32. The van der Waals surface area contributed by atoms with E-state index in [1.165, 1.54) is 0 Å². The molecule has 2 aromatic carbocycles. The predicted molar refractivity (Wildman–Crippen MR) is 103 cm³/mol. The first-order valence-corrected chi connectivity index (χ1v) is 9.28. The van der Waals surface area contributed by atoms with E-state index in [1.54, 1.807) is 17.0 Å². The van der Waals surface area contributed by atoms with Gasteiger partial charge in [0, 0.05) is 24.7 Å². The second kappa shape index (κ2) is 7.80. The molecular formula is C21H22N2O5. The highest BCUT2D eigenvalue weighted by Crippen LogP contribution is 2.35. The molecule has 146 valence electrons. The number of carbonyl (C=O) groups is 2. The van der Waals surface area contributed by atoms with Gasteiger partial charge in [-0.25, -0.2) is 0 Å². The minimum absolute atomic E-state index is 0.0400. The van der Waals surface area contributed by atoms with Crippen LogP contribution in [0.15, 0.2) is 42.5 Å². The summed E-state index contributed by atoms with van der Waals surface area (Å²) in [7, 11) is 0. The van der Waals surface area contributed by atoms with Crippen molar-refractivity contribution in [2.45, 2.75) is 19.4 Å². The van der Waals surface area contributed by atoms with Crippen molar-refractivity contribution >= 4 is 17.5 Å². The summed E-state index contributed by atoms with van der Waals surface area (Å²) in [4.78, 5) is 26.3. The van der Waals surface area contributed by atoms with E-state index in [1.807, 2.05) is 37.3 Å². The molecule has 0 bridgehead atoms. The molecule has 0 aromatic heterocycles. The van der Waals surface area contributed by atoms with Crippen molar-refractivity contribution in [3.63, 3.8) is 0 Å². The summed E-state index contributed by atoms with van der Waals surface area (Å²) in [6.07, 6.45) is 0.255. The fourth-order valence-electron chi connectivity index (χ4n) is 3.38. The standard InChI is InChI=1S/C21H22N2O5/c1-14-4-2-3-5-17(14)28-13-20(24)22-15-10-21(25)23(12-15)16-6-7-18-19(11-16)27-9-8-26-18/h2-7,11,15H,8-10,12-13H2,1H3,(H,22,24)/t15-/m1/s1. The van der Waals surface area contributed by atoms with Gasteiger partial charge in [0.05, 0.1) is 6.04 Å². The molecule has 0 aliphatic carbocycles. The number of benzene rings is 2. The molecule has 1 N–H and O–H groups in total. The van der Waals surface area contributed by atoms with Gasteiger partial charge in [0.1, 0.15) is 19.0 Å². The van der Waals surface area contributed by atoms with Crippen LogP contribution in [0.25, 0.3) is 0 Å². The van der Waals surface area contributed by atoms with E-state index in [2.05, 4.69) is 5.32 Å². The number of nitrogens with zero attached hydrogens (tertiary/aromatic N) is 1. The largest absolute Gasteiger partial charge is 0.486 e. The molecule has 0 unspecified atom stereocenters. The van der Waals surface area contributed by atoms with Crippen LogP contribution in [-0.4, -0.2) is 44.2 Å². The molecular weight excluding hydrogens is 360 g/mol. The van der Waals surface area contributed by atoms with Gasteiger partial charge in [0.15, 0.2) is 18.1 Å². The lowest BCUT2D eigenvalue weighted by Crippen LogP contribution is -2.39. The Labute approximate surface area is 163 Å². The number of aryl methyl sites for hydroxylation is 1. The molecule has 4 rings (SSSR count). The summed E-state index contributed by atoms with van der Waals surface area (Å²) in [5, 5.41) is 2.88. The number of fused-ring (bicyclic) bond motifs is 1. The van der Waals surface area contributed by atoms with Crippen LogP contribution >= 0.6 is 0 Å². The summed E-state index contributed by atoms with van der Waals surface area (Å²) in [5.41, 5.74) is 1.71. The van der Waals surface area contributed by atoms with Gasteiger partial charge in [-0.2, -0.15) is 0 Å². The Morgan fingerprint density at radius 2 is 1.96 bits per heavy atom. The van der Waals surface area contributed by atoms with Crippen LogP contribution in [0.2, 0.25) is 0 Å². The van der Waals surface area contributed by atoms with Crippen molar-refractivity contribution in [3.05, 3.63) is 48.0 Å². The van der Waals surface area contributed by atoms with Crippen LogP contribution in [0.1, 0.15) is 12.0 Å².